The van der Waals surface area contributed by atoms with E-state index in [1.807, 2.05) is 13.8 Å². The number of hydrogen-bond acceptors (Lipinski definition) is 21. The van der Waals surface area contributed by atoms with Crippen molar-refractivity contribution in [3.8, 4) is 0 Å². The second-order valence-corrected chi connectivity index (χ2v) is 25.1. The minimum atomic E-state index is -5.20. The Hall–Kier alpha value is 0.510. The van der Waals surface area contributed by atoms with Gasteiger partial charge in [0.25, 0.3) is 0 Å². The van der Waals surface area contributed by atoms with Crippen molar-refractivity contribution in [2.24, 2.45) is 5.92 Å². The Kier molecular flexibility index (Phi) is 16.3. The molecule has 11 rings (SSSR count). The monoisotopic (exact) mass is 1080 g/mol. The topological polar surface area (TPSA) is 272 Å². The van der Waals surface area contributed by atoms with E-state index in [9.17, 15) is 35.8 Å². The fourth-order valence-electron chi connectivity index (χ4n) is 14.5. The molecule has 396 valence electrons. The van der Waals surface area contributed by atoms with E-state index in [2.05, 4.69) is 25.0 Å². The first kappa shape index (κ1) is 57.2. The number of carbonyl (C=O) groups excluding carboxylic acids is 1. The number of fused-ring (bicyclic) bond motifs is 10. The van der Waals surface area contributed by atoms with E-state index in [4.69, 9.17) is 56.3 Å². The molecular formula is C47H68Na2O21S2. The molecule has 0 spiro atoms. The van der Waals surface area contributed by atoms with Crippen LogP contribution in [0.15, 0.2) is 11.3 Å². The van der Waals surface area contributed by atoms with Gasteiger partial charge in [-0.2, -0.15) is 0 Å². The minimum absolute atomic E-state index is 0. The van der Waals surface area contributed by atoms with Gasteiger partial charge >= 0.3 is 59.1 Å². The molecule has 72 heavy (non-hydrogen) atoms. The summed E-state index contributed by atoms with van der Waals surface area (Å²) in [6, 6.07) is 0. The smallest absolute Gasteiger partial charge is 0.726 e. The van der Waals surface area contributed by atoms with Gasteiger partial charge in [0.05, 0.1) is 115 Å². The molecule has 0 bridgehead atoms. The van der Waals surface area contributed by atoms with Crippen LogP contribution in [0.3, 0.4) is 0 Å². The third-order valence-electron chi connectivity index (χ3n) is 18.0. The van der Waals surface area contributed by atoms with Gasteiger partial charge in [-0.05, 0) is 65.4 Å². The number of carbonyl (C=O) groups is 1. The Labute approximate surface area is 466 Å². The van der Waals surface area contributed by atoms with Gasteiger partial charge in [-0.25, -0.2) is 16.8 Å². The van der Waals surface area contributed by atoms with Gasteiger partial charge in [0.2, 0.25) is 20.8 Å². The zero-order valence-corrected chi connectivity index (χ0v) is 48.3. The van der Waals surface area contributed by atoms with E-state index < -0.39 is 105 Å². The zero-order chi connectivity index (χ0) is 49.7. The van der Waals surface area contributed by atoms with Gasteiger partial charge in [0, 0.05) is 64.7 Å². The second-order valence-electron chi connectivity index (χ2n) is 23.0. The fraction of sp³-hybridized carbons (Fsp3) is 0.936. The molecule has 0 saturated carbocycles. The van der Waals surface area contributed by atoms with E-state index in [-0.39, 0.29) is 145 Å². The Balaban J connectivity index is 0.00000320. The molecule has 25 heteroatoms. The summed E-state index contributed by atoms with van der Waals surface area (Å²) in [5.74, 6) is 0.257. The Morgan fingerprint density at radius 3 is 1.89 bits per heavy atom. The third kappa shape index (κ3) is 10.7. The van der Waals surface area contributed by atoms with Gasteiger partial charge in [0.1, 0.15) is 30.0 Å². The number of allylic oxidation sites excluding steroid dienone is 1. The number of ether oxygens (including phenoxy) is 11. The van der Waals surface area contributed by atoms with Crippen LogP contribution in [0.4, 0.5) is 0 Å². The molecule has 10 saturated heterocycles. The molecule has 24 atom stereocenters. The Morgan fingerprint density at radius 2 is 1.24 bits per heavy atom. The summed E-state index contributed by atoms with van der Waals surface area (Å²) in [5.41, 5.74) is -3.09. The predicted molar refractivity (Wildman–Crippen MR) is 234 cm³/mol. The van der Waals surface area contributed by atoms with Crippen LogP contribution in [-0.2, 0) is 86.1 Å². The largest absolute Gasteiger partial charge is 1.00 e. The second kappa shape index (κ2) is 20.6. The maximum absolute atomic E-state index is 12.4. The molecule has 21 nitrogen and oxygen atoms in total. The van der Waals surface area contributed by atoms with Crippen LogP contribution in [0, 0.1) is 5.92 Å². The van der Waals surface area contributed by atoms with Crippen molar-refractivity contribution < 1.29 is 155 Å². The molecule has 0 aromatic carbocycles. The van der Waals surface area contributed by atoms with E-state index >= 15 is 0 Å². The summed E-state index contributed by atoms with van der Waals surface area (Å²) in [6.45, 7) is 12.6. The zero-order valence-electron chi connectivity index (χ0n) is 42.7. The summed E-state index contributed by atoms with van der Waals surface area (Å²) < 4.78 is 153. The maximum atomic E-state index is 12.4. The average Bonchev–Trinajstić information content (AvgIpc) is 3.44. The number of rotatable bonds is 7. The SMILES string of the molecule is CC(=O)C1=C(C)C[C@@H]2O[C@@]3(C)[C@H](C[C@H]2O1)O[C@@H]1C[C@@H]2O[C@@H]4C[C@@H]5O[C@@H]6C[C@@H]7O[C@@H]8C[C@@H]9O[C@](C)(CCOS(=O)(=O)[O-])[C@@H](OS(=O)(=O)[O-])C[C@H]9O[C@H]8C[C@H]7O[C@H]6CC[C@@]5(C)O[C@@]4(C)C[C@H](C)[C@H]2O[C@H]1[C@H]3O.[Na+].[Na+]. The molecule has 11 heterocycles. The number of Topliss-reactive ketones (excluding diaryl/α,β-unsaturated/α-hetero) is 1. The summed E-state index contributed by atoms with van der Waals surface area (Å²) in [7, 11) is -10.2. The van der Waals surface area contributed by atoms with Gasteiger partial charge in [-0.3, -0.25) is 13.2 Å². The summed E-state index contributed by atoms with van der Waals surface area (Å²) in [4.78, 5) is 12.4. The Bertz CT molecular complexity index is 2310. The first-order chi connectivity index (χ1) is 32.8. The first-order valence-corrected chi connectivity index (χ1v) is 27.9. The number of ketones is 1. The van der Waals surface area contributed by atoms with Crippen LogP contribution in [0.1, 0.15) is 126 Å². The van der Waals surface area contributed by atoms with Crippen molar-refractivity contribution in [2.75, 3.05) is 6.61 Å². The molecule has 11 aliphatic heterocycles. The van der Waals surface area contributed by atoms with Gasteiger partial charge in [-0.15, -0.1) is 0 Å². The van der Waals surface area contributed by atoms with Crippen molar-refractivity contribution in [1.82, 2.24) is 0 Å². The van der Waals surface area contributed by atoms with E-state index in [0.717, 1.165) is 5.57 Å². The van der Waals surface area contributed by atoms with E-state index in [1.54, 1.807) is 0 Å². The van der Waals surface area contributed by atoms with Crippen molar-refractivity contribution in [3.05, 3.63) is 11.3 Å². The van der Waals surface area contributed by atoms with Gasteiger partial charge in [-0.1, -0.05) is 6.92 Å². The third-order valence-corrected chi connectivity index (χ3v) is 18.9. The van der Waals surface area contributed by atoms with Crippen LogP contribution in [0.25, 0.3) is 0 Å². The minimum Gasteiger partial charge on any atom is -0.726 e. The number of hydrogen-bond donors (Lipinski definition) is 1. The fourth-order valence-corrected chi connectivity index (χ4v) is 15.4. The van der Waals surface area contributed by atoms with E-state index in [1.165, 1.54) is 13.8 Å². The molecule has 0 unspecified atom stereocenters. The predicted octanol–water partition coefficient (Wildman–Crippen LogP) is -3.51. The molecule has 0 aliphatic carbocycles. The van der Waals surface area contributed by atoms with Crippen LogP contribution < -0.4 is 59.1 Å². The summed E-state index contributed by atoms with van der Waals surface area (Å²) in [5, 5.41) is 12.1. The quantitative estimate of drug-likeness (QED) is 0.147. The first-order valence-electron chi connectivity index (χ1n) is 25.2. The standard InChI is InChI=1S/C47H70O21S2.2Na/c1-21-12-32-31(63-40(21)23(3)48)18-39-47(7,66-32)43(49)42-35(62-39)16-34-41(64-42)22(2)20-46(6)37(61-34)19-36-45(5,68-46)9-8-24-25(60-36)13-27-26(57-24)14-28-29(58-27)15-33-30(59-28)17-38(67-70(53,54)55)44(4,65-33)10-11-56-69(50,51)52;;/h22,24-39,41-43,49H,8-20H2,1-7H3,(H,50,51,52)(H,53,54,55);;/q;2*+1/p-2/t22-,24-,25+,26+,27-,28-,29+,30+,31+,32-,33-,34-,35+,36-,37+,38-,39-,41+,42+,43+,44+,45+,46-,47-;;/m0../s1. The molecule has 0 aromatic rings. The molecule has 10 fully saturated rings. The van der Waals surface area contributed by atoms with Gasteiger partial charge in [0.15, 0.2) is 11.5 Å². The summed E-state index contributed by atoms with van der Waals surface area (Å²) >= 11 is 0. The van der Waals surface area contributed by atoms with Gasteiger partial charge < -0.3 is 66.3 Å². The molecule has 0 aromatic heterocycles. The Morgan fingerprint density at radius 1 is 0.667 bits per heavy atom. The average molecular weight is 1080 g/mol. The van der Waals surface area contributed by atoms with E-state index in [0.29, 0.717) is 70.0 Å². The van der Waals surface area contributed by atoms with Crippen LogP contribution in [-0.4, -0.2) is 182 Å². The van der Waals surface area contributed by atoms with Crippen molar-refractivity contribution in [3.63, 3.8) is 0 Å². The van der Waals surface area contributed by atoms with Crippen molar-refractivity contribution >= 4 is 26.6 Å². The van der Waals surface area contributed by atoms with Crippen LogP contribution in [0.2, 0.25) is 0 Å². The molecule has 1 N–H and O–H groups in total. The maximum Gasteiger partial charge on any atom is 1.00 e. The normalized spacial score (nSPS) is 51.7. The number of aliphatic hydroxyl groups is 1. The van der Waals surface area contributed by atoms with Crippen molar-refractivity contribution in [1.29, 1.82) is 0 Å². The van der Waals surface area contributed by atoms with Crippen LogP contribution in [0.5, 0.6) is 0 Å². The van der Waals surface area contributed by atoms with Crippen LogP contribution >= 0.6 is 0 Å². The molecule has 0 amide bonds. The number of aliphatic hydroxyl groups excluding tert-OH is 1. The van der Waals surface area contributed by atoms with Crippen molar-refractivity contribution in [2.45, 2.75) is 264 Å². The molecule has 11 aliphatic rings. The summed E-state index contributed by atoms with van der Waals surface area (Å²) in [6.07, 6.45) is -4.25. The molecule has 0 radical (unpaired) electrons. The molecular weight excluding hydrogens is 1010 g/mol.